The fourth-order valence-corrected chi connectivity index (χ4v) is 2.80. The second-order valence-electron chi connectivity index (χ2n) is 6.14. The van der Waals surface area contributed by atoms with Crippen LogP contribution in [-0.2, 0) is 17.9 Å². The number of nitrogens with one attached hydrogen (secondary N) is 2. The molecule has 0 saturated heterocycles. The van der Waals surface area contributed by atoms with Gasteiger partial charge in [-0.2, -0.15) is 0 Å². The largest absolute Gasteiger partial charge is 0.352 e. The van der Waals surface area contributed by atoms with E-state index in [0.29, 0.717) is 18.1 Å². The van der Waals surface area contributed by atoms with E-state index in [2.05, 4.69) is 22.5 Å². The Kier molecular flexibility index (Phi) is 5.31. The van der Waals surface area contributed by atoms with Crippen molar-refractivity contribution in [3.05, 3.63) is 59.7 Å². The number of benzene rings is 2. The second kappa shape index (κ2) is 7.82. The van der Waals surface area contributed by atoms with Gasteiger partial charge in [-0.15, -0.1) is 0 Å². The number of hydrogen-bond donors (Lipinski definition) is 2. The van der Waals surface area contributed by atoms with E-state index < -0.39 is 0 Å². The molecule has 0 fully saturated rings. The Bertz CT molecular complexity index is 929. The second-order valence-corrected chi connectivity index (χ2v) is 6.14. The average molecular weight is 350 g/mol. The summed E-state index contributed by atoms with van der Waals surface area (Å²) >= 11 is 0. The Morgan fingerprint density at radius 2 is 1.81 bits per heavy atom. The molecule has 3 aromatic rings. The van der Waals surface area contributed by atoms with Crippen molar-refractivity contribution in [1.82, 2.24) is 14.9 Å². The van der Waals surface area contributed by atoms with E-state index in [-0.39, 0.29) is 11.8 Å². The minimum Gasteiger partial charge on any atom is -0.352 e. The molecule has 3 rings (SSSR count). The molecule has 0 aliphatic rings. The number of amides is 2. The maximum Gasteiger partial charge on any atom is 0.257 e. The van der Waals surface area contributed by atoms with Crippen LogP contribution in [0, 0.1) is 0 Å². The van der Waals surface area contributed by atoms with Crippen molar-refractivity contribution in [3.63, 3.8) is 0 Å². The van der Waals surface area contributed by atoms with Crippen molar-refractivity contribution in [1.29, 1.82) is 0 Å². The first-order chi connectivity index (χ1) is 12.6. The van der Waals surface area contributed by atoms with Crippen molar-refractivity contribution in [2.24, 2.45) is 0 Å². The maximum atomic E-state index is 12.6. The van der Waals surface area contributed by atoms with Crippen LogP contribution in [-0.4, -0.2) is 21.4 Å². The highest BCUT2D eigenvalue weighted by atomic mass is 16.2. The zero-order valence-electron chi connectivity index (χ0n) is 15.0. The summed E-state index contributed by atoms with van der Waals surface area (Å²) in [7, 11) is 0. The molecule has 134 valence electrons. The minimum absolute atomic E-state index is 0.0818. The fourth-order valence-electron chi connectivity index (χ4n) is 2.80. The molecule has 0 bridgehead atoms. The minimum atomic E-state index is -0.205. The van der Waals surface area contributed by atoms with Crippen LogP contribution in [0.2, 0.25) is 0 Å². The van der Waals surface area contributed by atoms with Crippen LogP contribution < -0.4 is 10.6 Å². The number of imidazole rings is 1. The fraction of sp³-hybridized carbons (Fsp3) is 0.250. The predicted octanol–water partition coefficient (Wildman–Crippen LogP) is 3.33. The quantitative estimate of drug-likeness (QED) is 0.716. The Morgan fingerprint density at radius 3 is 2.50 bits per heavy atom. The molecule has 0 atom stereocenters. The van der Waals surface area contributed by atoms with E-state index in [1.165, 1.54) is 6.92 Å². The van der Waals surface area contributed by atoms with Gasteiger partial charge in [0.15, 0.2) is 0 Å². The molecule has 0 saturated carbocycles. The number of anilines is 1. The van der Waals surface area contributed by atoms with Gasteiger partial charge in [0.05, 0.1) is 11.0 Å². The van der Waals surface area contributed by atoms with Gasteiger partial charge >= 0.3 is 0 Å². The lowest BCUT2D eigenvalue weighted by Gasteiger charge is -2.09. The molecule has 0 spiro atoms. The lowest BCUT2D eigenvalue weighted by atomic mass is 10.1. The lowest BCUT2D eigenvalue weighted by Crippen LogP contribution is -2.19. The molecule has 1 heterocycles. The highest BCUT2D eigenvalue weighted by Gasteiger charge is 2.13. The number of nitrogens with zero attached hydrogens (tertiary/aromatic N) is 2. The molecular formula is C20H22N4O2. The van der Waals surface area contributed by atoms with Gasteiger partial charge in [0.2, 0.25) is 11.9 Å². The van der Waals surface area contributed by atoms with Crippen LogP contribution in [0.15, 0.2) is 48.5 Å². The van der Waals surface area contributed by atoms with Gasteiger partial charge in [0, 0.05) is 25.6 Å². The Labute approximate surface area is 152 Å². The number of carbonyl (C=O) groups is 2. The Morgan fingerprint density at radius 1 is 1.08 bits per heavy atom. The summed E-state index contributed by atoms with van der Waals surface area (Å²) in [6.07, 6.45) is 0.946. The Hall–Kier alpha value is -3.15. The first kappa shape index (κ1) is 17.7. The number of aryl methyl sites for hydroxylation is 1. The molecule has 2 aromatic carbocycles. The molecular weight excluding hydrogens is 328 g/mol. The highest BCUT2D eigenvalue weighted by Crippen LogP contribution is 2.20. The van der Waals surface area contributed by atoms with E-state index in [0.717, 1.165) is 29.6 Å². The number of carbonyl (C=O) groups excluding carboxylic acids is 2. The van der Waals surface area contributed by atoms with Gasteiger partial charge in [0.25, 0.3) is 5.91 Å². The summed E-state index contributed by atoms with van der Waals surface area (Å²) in [4.78, 5) is 28.1. The summed E-state index contributed by atoms with van der Waals surface area (Å²) in [5, 5.41) is 5.65. The smallest absolute Gasteiger partial charge is 0.257 e. The van der Waals surface area contributed by atoms with Crippen molar-refractivity contribution in [2.75, 3.05) is 5.32 Å². The number of fused-ring (bicyclic) bond motifs is 1. The molecule has 0 aliphatic heterocycles. The SMILES string of the molecule is CCCn1c(NC(=O)c2ccc(CNC(C)=O)cc2)nc2ccccc21. The molecule has 0 radical (unpaired) electrons. The molecule has 26 heavy (non-hydrogen) atoms. The summed E-state index contributed by atoms with van der Waals surface area (Å²) in [6.45, 7) is 4.80. The number of para-hydroxylation sites is 2. The van der Waals surface area contributed by atoms with Crippen molar-refractivity contribution in [2.45, 2.75) is 33.4 Å². The van der Waals surface area contributed by atoms with Gasteiger partial charge in [0.1, 0.15) is 0 Å². The van der Waals surface area contributed by atoms with Crippen LogP contribution in [0.25, 0.3) is 11.0 Å². The van der Waals surface area contributed by atoms with Crippen LogP contribution in [0.5, 0.6) is 0 Å². The first-order valence-corrected chi connectivity index (χ1v) is 8.68. The first-order valence-electron chi connectivity index (χ1n) is 8.68. The molecule has 2 amide bonds. The van der Waals surface area contributed by atoms with Crippen LogP contribution in [0.3, 0.4) is 0 Å². The van der Waals surface area contributed by atoms with Crippen LogP contribution in [0.4, 0.5) is 5.95 Å². The third-order valence-corrected chi connectivity index (χ3v) is 4.08. The topological polar surface area (TPSA) is 76.0 Å². The van der Waals surface area contributed by atoms with Gasteiger partial charge in [-0.1, -0.05) is 31.2 Å². The highest BCUT2D eigenvalue weighted by molar-refractivity contribution is 6.04. The van der Waals surface area contributed by atoms with Gasteiger partial charge in [-0.05, 0) is 36.2 Å². The molecule has 0 aliphatic carbocycles. The number of aromatic nitrogens is 2. The molecule has 2 N–H and O–H groups in total. The number of rotatable bonds is 6. The number of hydrogen-bond acceptors (Lipinski definition) is 3. The van der Waals surface area contributed by atoms with E-state index in [9.17, 15) is 9.59 Å². The summed E-state index contributed by atoms with van der Waals surface area (Å²) < 4.78 is 2.03. The van der Waals surface area contributed by atoms with E-state index in [4.69, 9.17) is 0 Å². The van der Waals surface area contributed by atoms with E-state index in [1.807, 2.05) is 41.0 Å². The van der Waals surface area contributed by atoms with E-state index >= 15 is 0 Å². The van der Waals surface area contributed by atoms with Crippen LogP contribution in [0.1, 0.15) is 36.2 Å². The lowest BCUT2D eigenvalue weighted by molar-refractivity contribution is -0.119. The third kappa shape index (κ3) is 3.91. The molecule has 1 aromatic heterocycles. The maximum absolute atomic E-state index is 12.6. The zero-order chi connectivity index (χ0) is 18.5. The average Bonchev–Trinajstić information content (AvgIpc) is 2.98. The van der Waals surface area contributed by atoms with Crippen molar-refractivity contribution >= 4 is 28.8 Å². The van der Waals surface area contributed by atoms with Gasteiger partial charge < -0.3 is 9.88 Å². The standard InChI is InChI=1S/C20H22N4O2/c1-3-12-24-18-7-5-4-6-17(18)22-20(24)23-19(26)16-10-8-15(9-11-16)13-21-14(2)25/h4-11H,3,12-13H2,1-2H3,(H,21,25)(H,22,23,26). The molecule has 6 nitrogen and oxygen atoms in total. The monoisotopic (exact) mass is 350 g/mol. The van der Waals surface area contributed by atoms with Crippen molar-refractivity contribution < 1.29 is 9.59 Å². The van der Waals surface area contributed by atoms with Gasteiger partial charge in [-0.25, -0.2) is 4.98 Å². The summed E-state index contributed by atoms with van der Waals surface area (Å²) in [5.74, 6) is 0.269. The van der Waals surface area contributed by atoms with Gasteiger partial charge in [-0.3, -0.25) is 14.9 Å². The van der Waals surface area contributed by atoms with E-state index in [1.54, 1.807) is 12.1 Å². The predicted molar refractivity (Wildman–Crippen MR) is 102 cm³/mol. The third-order valence-electron chi connectivity index (χ3n) is 4.08. The zero-order valence-corrected chi connectivity index (χ0v) is 15.0. The molecule has 0 unspecified atom stereocenters. The summed E-state index contributed by atoms with van der Waals surface area (Å²) in [6, 6.07) is 15.0. The summed E-state index contributed by atoms with van der Waals surface area (Å²) in [5.41, 5.74) is 3.36. The van der Waals surface area contributed by atoms with Crippen molar-refractivity contribution in [3.8, 4) is 0 Å². The molecule has 6 heteroatoms. The normalized spacial score (nSPS) is 10.7. The van der Waals surface area contributed by atoms with Crippen LogP contribution >= 0.6 is 0 Å². The Balaban J connectivity index is 1.78.